The third-order valence-corrected chi connectivity index (χ3v) is 3.15. The van der Waals surface area contributed by atoms with Crippen molar-refractivity contribution in [2.45, 2.75) is 38.4 Å². The Kier molecular flexibility index (Phi) is 5.56. The highest BCUT2D eigenvalue weighted by molar-refractivity contribution is 5.91. The summed E-state index contributed by atoms with van der Waals surface area (Å²) in [5.41, 5.74) is 0. The molecule has 1 aliphatic heterocycles. The number of hydrogen-bond donors (Lipinski definition) is 2. The molecule has 0 unspecified atom stereocenters. The zero-order valence-corrected chi connectivity index (χ0v) is 11.4. The summed E-state index contributed by atoms with van der Waals surface area (Å²) in [6.45, 7) is 0.00182. The van der Waals surface area contributed by atoms with Gasteiger partial charge < -0.3 is 15.3 Å². The third kappa shape index (κ3) is 5.24. The highest BCUT2D eigenvalue weighted by Crippen LogP contribution is 2.24. The molecule has 1 rings (SSSR count). The zero-order valence-electron chi connectivity index (χ0n) is 11.4. The number of nitrogens with one attached hydrogen (secondary N) is 1. The number of aliphatic carboxylic acids is 1. The van der Waals surface area contributed by atoms with E-state index in [4.69, 9.17) is 5.11 Å². The molecule has 9 heteroatoms. The number of amides is 2. The van der Waals surface area contributed by atoms with E-state index in [9.17, 15) is 27.6 Å². The van der Waals surface area contributed by atoms with Crippen LogP contribution in [-0.2, 0) is 14.4 Å². The first-order valence-electron chi connectivity index (χ1n) is 6.51. The van der Waals surface area contributed by atoms with Crippen molar-refractivity contribution in [1.82, 2.24) is 10.2 Å². The highest BCUT2D eigenvalue weighted by atomic mass is 19.4. The lowest BCUT2D eigenvalue weighted by atomic mass is 10.1. The van der Waals surface area contributed by atoms with E-state index in [1.54, 1.807) is 6.92 Å². The van der Waals surface area contributed by atoms with Crippen molar-refractivity contribution in [3.63, 3.8) is 0 Å². The van der Waals surface area contributed by atoms with Gasteiger partial charge in [-0.3, -0.25) is 9.59 Å². The lowest BCUT2D eigenvalue weighted by Gasteiger charge is -2.19. The van der Waals surface area contributed by atoms with Gasteiger partial charge in [0.2, 0.25) is 11.8 Å². The minimum atomic E-state index is -4.52. The highest BCUT2D eigenvalue weighted by Gasteiger charge is 2.41. The smallest absolute Gasteiger partial charge is 0.406 e. The Morgan fingerprint density at radius 1 is 1.48 bits per heavy atom. The Balaban J connectivity index is 2.60. The third-order valence-electron chi connectivity index (χ3n) is 3.15. The van der Waals surface area contributed by atoms with Crippen LogP contribution >= 0.6 is 0 Å². The maximum absolute atomic E-state index is 12.3. The molecular weight excluding hydrogens is 293 g/mol. The molecule has 1 heterocycles. The molecule has 2 amide bonds. The Morgan fingerprint density at radius 3 is 2.57 bits per heavy atom. The molecule has 0 radical (unpaired) electrons. The van der Waals surface area contributed by atoms with Crippen molar-refractivity contribution in [1.29, 1.82) is 0 Å². The lowest BCUT2D eigenvalue weighted by Crippen LogP contribution is -2.44. The van der Waals surface area contributed by atoms with E-state index in [1.807, 2.05) is 0 Å². The summed E-state index contributed by atoms with van der Waals surface area (Å²) in [6, 6.07) is -1.09. The molecule has 1 aliphatic rings. The van der Waals surface area contributed by atoms with E-state index in [0.29, 0.717) is 11.3 Å². The Bertz CT molecular complexity index is 425. The number of rotatable bonds is 6. The van der Waals surface area contributed by atoms with Crippen LogP contribution in [0.25, 0.3) is 0 Å². The first kappa shape index (κ1) is 17.3. The van der Waals surface area contributed by atoms with Gasteiger partial charge in [0, 0.05) is 13.0 Å². The van der Waals surface area contributed by atoms with Crippen LogP contribution in [0.5, 0.6) is 0 Å². The van der Waals surface area contributed by atoms with E-state index in [0.717, 1.165) is 0 Å². The molecule has 0 aromatic carbocycles. The lowest BCUT2D eigenvalue weighted by molar-refractivity contribution is -0.157. The van der Waals surface area contributed by atoms with Crippen LogP contribution in [0.4, 0.5) is 13.2 Å². The Morgan fingerprint density at radius 2 is 2.10 bits per heavy atom. The molecule has 1 saturated heterocycles. The second kappa shape index (κ2) is 6.77. The number of carbonyl (C=O) groups is 3. The number of nitrogens with zero attached hydrogens (tertiary/aromatic N) is 1. The molecule has 0 aromatic heterocycles. The number of halogens is 3. The number of alkyl halides is 3. The molecule has 0 aliphatic carbocycles. The van der Waals surface area contributed by atoms with E-state index in [-0.39, 0.29) is 19.4 Å². The summed E-state index contributed by atoms with van der Waals surface area (Å²) >= 11 is 0. The molecule has 2 atom stereocenters. The van der Waals surface area contributed by atoms with Crippen LogP contribution in [0.1, 0.15) is 26.2 Å². The number of hydrogen-bond acceptors (Lipinski definition) is 3. The minimum absolute atomic E-state index is 0.216. The summed E-state index contributed by atoms with van der Waals surface area (Å²) in [5.74, 6) is -3.61. The number of carbonyl (C=O) groups excluding carboxylic acids is 2. The van der Waals surface area contributed by atoms with Crippen LogP contribution in [-0.4, -0.2) is 53.1 Å². The standard InChI is InChI=1S/C12H17F3N2O4/c1-2-3-8(11(20)21)16-10(19)7-4-9(18)17(5-7)6-12(13,14)15/h7-8H,2-6H2,1H3,(H,16,19)(H,20,21)/t7-,8-/m1/s1. The summed E-state index contributed by atoms with van der Waals surface area (Å²) in [7, 11) is 0. The van der Waals surface area contributed by atoms with Crippen molar-refractivity contribution in [2.24, 2.45) is 5.92 Å². The Hall–Kier alpha value is -1.80. The van der Waals surface area contributed by atoms with Gasteiger partial charge in [0.1, 0.15) is 12.6 Å². The quantitative estimate of drug-likeness (QED) is 0.758. The fourth-order valence-corrected chi connectivity index (χ4v) is 2.15. The molecule has 0 aromatic rings. The van der Waals surface area contributed by atoms with Crippen LogP contribution in [0.15, 0.2) is 0 Å². The van der Waals surface area contributed by atoms with Crippen molar-refractivity contribution in [3.05, 3.63) is 0 Å². The molecule has 0 bridgehead atoms. The van der Waals surface area contributed by atoms with Crippen molar-refractivity contribution in [3.8, 4) is 0 Å². The number of carboxylic acids is 1. The molecule has 0 spiro atoms. The van der Waals surface area contributed by atoms with E-state index < -0.39 is 42.5 Å². The van der Waals surface area contributed by atoms with Crippen molar-refractivity contribution < 1.29 is 32.7 Å². The molecular formula is C12H17F3N2O4. The van der Waals surface area contributed by atoms with Crippen LogP contribution < -0.4 is 5.32 Å². The topological polar surface area (TPSA) is 86.7 Å². The fraction of sp³-hybridized carbons (Fsp3) is 0.750. The van der Waals surface area contributed by atoms with E-state index in [2.05, 4.69) is 5.32 Å². The van der Waals surface area contributed by atoms with Gasteiger partial charge in [-0.05, 0) is 6.42 Å². The minimum Gasteiger partial charge on any atom is -0.480 e. The predicted octanol–water partition coefficient (Wildman–Crippen LogP) is 0.767. The predicted molar refractivity (Wildman–Crippen MR) is 65.2 cm³/mol. The summed E-state index contributed by atoms with van der Waals surface area (Å²) in [6.07, 6.45) is -4.11. The van der Waals surface area contributed by atoms with E-state index in [1.165, 1.54) is 0 Å². The molecule has 6 nitrogen and oxygen atoms in total. The maximum Gasteiger partial charge on any atom is 0.406 e. The zero-order chi connectivity index (χ0) is 16.2. The second-order valence-electron chi connectivity index (χ2n) is 4.98. The van der Waals surface area contributed by atoms with Gasteiger partial charge in [-0.25, -0.2) is 4.79 Å². The largest absolute Gasteiger partial charge is 0.480 e. The van der Waals surface area contributed by atoms with Gasteiger partial charge in [0.15, 0.2) is 0 Å². The van der Waals surface area contributed by atoms with Gasteiger partial charge >= 0.3 is 12.1 Å². The summed E-state index contributed by atoms with van der Waals surface area (Å²) in [5, 5.41) is 11.2. The van der Waals surface area contributed by atoms with Crippen LogP contribution in [0.2, 0.25) is 0 Å². The average Bonchev–Trinajstić information content (AvgIpc) is 2.68. The number of likely N-dealkylation sites (tertiary alicyclic amines) is 1. The fourth-order valence-electron chi connectivity index (χ4n) is 2.15. The first-order chi connectivity index (χ1) is 9.64. The Labute approximate surface area is 119 Å². The van der Waals surface area contributed by atoms with E-state index >= 15 is 0 Å². The van der Waals surface area contributed by atoms with Crippen molar-refractivity contribution >= 4 is 17.8 Å². The average molecular weight is 310 g/mol. The molecule has 120 valence electrons. The van der Waals surface area contributed by atoms with Gasteiger partial charge in [0.25, 0.3) is 0 Å². The van der Waals surface area contributed by atoms with Gasteiger partial charge in [0.05, 0.1) is 5.92 Å². The molecule has 1 fully saturated rings. The normalized spacial score (nSPS) is 20.5. The van der Waals surface area contributed by atoms with Crippen LogP contribution in [0, 0.1) is 5.92 Å². The monoisotopic (exact) mass is 310 g/mol. The van der Waals surface area contributed by atoms with Gasteiger partial charge in [-0.15, -0.1) is 0 Å². The molecule has 2 N–H and O–H groups in total. The number of carboxylic acid groups (broad SMARTS) is 1. The van der Waals surface area contributed by atoms with Gasteiger partial charge in [-0.2, -0.15) is 13.2 Å². The summed E-state index contributed by atoms with van der Waals surface area (Å²) < 4.78 is 36.8. The SMILES string of the molecule is CCC[C@@H](NC(=O)[C@@H]1CC(=O)N(CC(F)(F)F)C1)C(=O)O. The van der Waals surface area contributed by atoms with Gasteiger partial charge in [-0.1, -0.05) is 13.3 Å². The second-order valence-corrected chi connectivity index (χ2v) is 4.98. The van der Waals surface area contributed by atoms with Crippen molar-refractivity contribution in [2.75, 3.05) is 13.1 Å². The molecule has 0 saturated carbocycles. The maximum atomic E-state index is 12.3. The summed E-state index contributed by atoms with van der Waals surface area (Å²) in [4.78, 5) is 34.8. The first-order valence-corrected chi connectivity index (χ1v) is 6.51. The molecule has 21 heavy (non-hydrogen) atoms. The van der Waals surface area contributed by atoms with Crippen LogP contribution in [0.3, 0.4) is 0 Å².